The molecule has 0 amide bonds. The monoisotopic (exact) mass is 218 g/mol. The van der Waals surface area contributed by atoms with Crippen LogP contribution in [0.2, 0.25) is 0 Å². The molecule has 0 aromatic carbocycles. The number of rotatable bonds is 7. The summed E-state index contributed by atoms with van der Waals surface area (Å²) in [7, 11) is 1.60. The third-order valence-corrected chi connectivity index (χ3v) is 2.74. The van der Waals surface area contributed by atoms with E-state index in [1.54, 1.807) is 21.0 Å². The van der Waals surface area contributed by atoms with Gasteiger partial charge in [-0.2, -0.15) is 0 Å². The highest BCUT2D eigenvalue weighted by Crippen LogP contribution is 2.25. The van der Waals surface area contributed by atoms with Gasteiger partial charge in [-0.1, -0.05) is 13.8 Å². The van der Waals surface area contributed by atoms with Gasteiger partial charge in [-0.25, -0.2) is 4.79 Å². The summed E-state index contributed by atoms with van der Waals surface area (Å²) in [5, 5.41) is 10.2. The van der Waals surface area contributed by atoms with E-state index in [0.717, 1.165) is 0 Å². The summed E-state index contributed by atoms with van der Waals surface area (Å²) >= 11 is 0. The number of ether oxygens (including phenoxy) is 2. The minimum absolute atomic E-state index is 0.165. The van der Waals surface area contributed by atoms with Gasteiger partial charge in [0.15, 0.2) is 5.60 Å². The molecule has 0 aliphatic carbocycles. The van der Waals surface area contributed by atoms with Crippen LogP contribution in [0.4, 0.5) is 0 Å². The van der Waals surface area contributed by atoms with Crippen LogP contribution in [0.1, 0.15) is 33.6 Å². The molecule has 0 aliphatic rings. The minimum atomic E-state index is -1.38. The second kappa shape index (κ2) is 6.80. The molecule has 0 radical (unpaired) electrons. The van der Waals surface area contributed by atoms with Crippen LogP contribution < -0.4 is 0 Å². The lowest BCUT2D eigenvalue weighted by molar-refractivity contribution is -0.172. The maximum absolute atomic E-state index is 11.6. The average molecular weight is 218 g/mol. The molecule has 0 spiro atoms. The van der Waals surface area contributed by atoms with Crippen LogP contribution in [0.3, 0.4) is 0 Å². The Hall–Kier alpha value is -0.610. The zero-order chi connectivity index (χ0) is 11.9. The van der Waals surface area contributed by atoms with E-state index in [-0.39, 0.29) is 12.5 Å². The Labute approximate surface area is 91.6 Å². The van der Waals surface area contributed by atoms with Gasteiger partial charge in [0.05, 0.1) is 6.61 Å². The SMILES string of the molecule is CCOC(=O)C(O)(CC)C(C)CCOC. The quantitative estimate of drug-likeness (QED) is 0.656. The average Bonchev–Trinajstić information content (AvgIpc) is 2.24. The Kier molecular flexibility index (Phi) is 6.52. The minimum Gasteiger partial charge on any atom is -0.464 e. The predicted octanol–water partition coefficient (Wildman–Crippen LogP) is 1.36. The standard InChI is InChI=1S/C11H22O4/c1-5-11(13,10(12)15-6-2)9(3)7-8-14-4/h9,13H,5-8H2,1-4H3. The molecule has 0 saturated heterocycles. The van der Waals surface area contributed by atoms with Crippen LogP contribution in [-0.2, 0) is 14.3 Å². The van der Waals surface area contributed by atoms with Crippen molar-refractivity contribution in [2.24, 2.45) is 5.92 Å². The Morgan fingerprint density at radius 2 is 2.07 bits per heavy atom. The van der Waals surface area contributed by atoms with Crippen molar-refractivity contribution in [2.75, 3.05) is 20.3 Å². The van der Waals surface area contributed by atoms with Gasteiger partial charge in [0.1, 0.15) is 0 Å². The molecule has 2 atom stereocenters. The van der Waals surface area contributed by atoms with Crippen molar-refractivity contribution in [3.05, 3.63) is 0 Å². The second-order valence-corrected chi connectivity index (χ2v) is 3.68. The van der Waals surface area contributed by atoms with Gasteiger partial charge in [0.2, 0.25) is 0 Å². The molecule has 1 N–H and O–H groups in total. The van der Waals surface area contributed by atoms with Gasteiger partial charge >= 0.3 is 5.97 Å². The number of carbonyl (C=O) groups is 1. The van der Waals surface area contributed by atoms with Crippen molar-refractivity contribution < 1.29 is 19.4 Å². The molecule has 4 heteroatoms. The van der Waals surface area contributed by atoms with Crippen molar-refractivity contribution >= 4 is 5.97 Å². The molecule has 0 fully saturated rings. The van der Waals surface area contributed by atoms with Crippen molar-refractivity contribution in [1.29, 1.82) is 0 Å². The lowest BCUT2D eigenvalue weighted by Gasteiger charge is -2.30. The van der Waals surface area contributed by atoms with Crippen LogP contribution in [0, 0.1) is 5.92 Å². The molecule has 15 heavy (non-hydrogen) atoms. The Bertz CT molecular complexity index is 193. The third-order valence-electron chi connectivity index (χ3n) is 2.74. The summed E-state index contributed by atoms with van der Waals surface area (Å²) in [5.41, 5.74) is -1.38. The summed E-state index contributed by atoms with van der Waals surface area (Å²) in [4.78, 5) is 11.6. The number of hydrogen-bond acceptors (Lipinski definition) is 4. The number of aliphatic hydroxyl groups is 1. The van der Waals surface area contributed by atoms with Crippen LogP contribution in [0.5, 0.6) is 0 Å². The lowest BCUT2D eigenvalue weighted by Crippen LogP contribution is -2.45. The summed E-state index contributed by atoms with van der Waals surface area (Å²) in [6.45, 7) is 6.16. The van der Waals surface area contributed by atoms with Gasteiger partial charge in [-0.3, -0.25) is 0 Å². The van der Waals surface area contributed by atoms with Crippen molar-refractivity contribution in [3.63, 3.8) is 0 Å². The maximum Gasteiger partial charge on any atom is 0.338 e. The molecule has 0 aromatic heterocycles. The van der Waals surface area contributed by atoms with E-state index < -0.39 is 11.6 Å². The largest absolute Gasteiger partial charge is 0.464 e. The van der Waals surface area contributed by atoms with E-state index in [1.807, 2.05) is 6.92 Å². The van der Waals surface area contributed by atoms with Gasteiger partial charge in [-0.05, 0) is 25.7 Å². The van der Waals surface area contributed by atoms with E-state index in [9.17, 15) is 9.90 Å². The molecule has 0 heterocycles. The van der Waals surface area contributed by atoms with Gasteiger partial charge < -0.3 is 14.6 Å². The topological polar surface area (TPSA) is 55.8 Å². The molecule has 2 unspecified atom stereocenters. The smallest absolute Gasteiger partial charge is 0.338 e. The predicted molar refractivity (Wildman–Crippen MR) is 57.5 cm³/mol. The molecular formula is C11H22O4. The van der Waals surface area contributed by atoms with E-state index in [2.05, 4.69) is 0 Å². The Morgan fingerprint density at radius 1 is 1.47 bits per heavy atom. The highest BCUT2D eigenvalue weighted by Gasteiger charge is 2.40. The fourth-order valence-corrected chi connectivity index (χ4v) is 1.48. The first-order valence-electron chi connectivity index (χ1n) is 5.41. The van der Waals surface area contributed by atoms with Gasteiger partial charge in [0, 0.05) is 13.7 Å². The second-order valence-electron chi connectivity index (χ2n) is 3.68. The highest BCUT2D eigenvalue weighted by atomic mass is 16.5. The zero-order valence-electron chi connectivity index (χ0n) is 10.1. The van der Waals surface area contributed by atoms with E-state index >= 15 is 0 Å². The number of methoxy groups -OCH3 is 1. The molecule has 0 bridgehead atoms. The fourth-order valence-electron chi connectivity index (χ4n) is 1.48. The van der Waals surface area contributed by atoms with Gasteiger partial charge in [-0.15, -0.1) is 0 Å². The van der Waals surface area contributed by atoms with Crippen LogP contribution in [0.25, 0.3) is 0 Å². The van der Waals surface area contributed by atoms with Crippen molar-refractivity contribution in [1.82, 2.24) is 0 Å². The first-order chi connectivity index (χ1) is 7.02. The summed E-state index contributed by atoms with van der Waals surface area (Å²) in [5.74, 6) is -0.697. The fraction of sp³-hybridized carbons (Fsp3) is 0.909. The van der Waals surface area contributed by atoms with Crippen LogP contribution in [-0.4, -0.2) is 37.0 Å². The maximum atomic E-state index is 11.6. The molecule has 0 aromatic rings. The van der Waals surface area contributed by atoms with E-state index in [0.29, 0.717) is 19.4 Å². The Balaban J connectivity index is 4.45. The zero-order valence-corrected chi connectivity index (χ0v) is 10.1. The summed E-state index contributed by atoms with van der Waals surface area (Å²) < 4.78 is 9.80. The summed E-state index contributed by atoms with van der Waals surface area (Å²) in [6.07, 6.45) is 0.996. The number of carbonyl (C=O) groups excluding carboxylic acids is 1. The number of esters is 1. The number of hydrogen-bond donors (Lipinski definition) is 1. The molecule has 0 saturated carbocycles. The molecule has 90 valence electrons. The van der Waals surface area contributed by atoms with Crippen molar-refractivity contribution in [2.45, 2.75) is 39.2 Å². The summed E-state index contributed by atoms with van der Waals surface area (Å²) in [6, 6.07) is 0. The van der Waals surface area contributed by atoms with Gasteiger partial charge in [0.25, 0.3) is 0 Å². The van der Waals surface area contributed by atoms with E-state index in [4.69, 9.17) is 9.47 Å². The third kappa shape index (κ3) is 3.80. The molecule has 0 rings (SSSR count). The van der Waals surface area contributed by atoms with Crippen molar-refractivity contribution in [3.8, 4) is 0 Å². The van der Waals surface area contributed by atoms with E-state index in [1.165, 1.54) is 0 Å². The molecule has 4 nitrogen and oxygen atoms in total. The first kappa shape index (κ1) is 14.4. The molecule has 0 aliphatic heterocycles. The first-order valence-corrected chi connectivity index (χ1v) is 5.41. The Morgan fingerprint density at radius 3 is 2.47 bits per heavy atom. The highest BCUT2D eigenvalue weighted by molar-refractivity contribution is 5.79. The molecular weight excluding hydrogens is 196 g/mol. The van der Waals surface area contributed by atoms with Crippen LogP contribution in [0.15, 0.2) is 0 Å². The normalized spacial score (nSPS) is 16.9. The lowest BCUT2D eigenvalue weighted by atomic mass is 9.84. The van der Waals surface area contributed by atoms with Crippen LogP contribution >= 0.6 is 0 Å².